The number of benzene rings is 1. The van der Waals surface area contributed by atoms with E-state index in [4.69, 9.17) is 9.47 Å². The van der Waals surface area contributed by atoms with E-state index < -0.39 is 6.10 Å². The van der Waals surface area contributed by atoms with E-state index in [9.17, 15) is 4.79 Å². The van der Waals surface area contributed by atoms with Crippen molar-refractivity contribution >= 4 is 5.91 Å². The van der Waals surface area contributed by atoms with E-state index in [-0.39, 0.29) is 5.91 Å². The Hall–Kier alpha value is -2.60. The topological polar surface area (TPSA) is 54.9 Å². The van der Waals surface area contributed by atoms with E-state index in [1.165, 1.54) is 5.56 Å². The summed E-state index contributed by atoms with van der Waals surface area (Å²) in [4.78, 5) is 21.0. The van der Waals surface area contributed by atoms with Gasteiger partial charge in [-0.25, -0.2) is 0 Å². The largest absolute Gasteiger partial charge is 0.497 e. The van der Waals surface area contributed by atoms with Crippen molar-refractivity contribution in [1.82, 2.24) is 14.8 Å². The summed E-state index contributed by atoms with van der Waals surface area (Å²) >= 11 is 0. The number of amides is 1. The Bertz CT molecular complexity index is 698. The first-order valence-electron chi connectivity index (χ1n) is 8.86. The van der Waals surface area contributed by atoms with Crippen LogP contribution in [0.2, 0.25) is 0 Å². The zero-order chi connectivity index (χ0) is 18.4. The van der Waals surface area contributed by atoms with Crippen LogP contribution in [0.5, 0.6) is 11.5 Å². The molecule has 6 nitrogen and oxygen atoms in total. The quantitative estimate of drug-likeness (QED) is 0.795. The molecule has 1 atom stereocenters. The standard InChI is InChI=1S/C20H25N3O3/c1-16(26-19-7-5-18(25-2)6-8-19)20(24)23-12-10-22(11-13-23)15-17-4-3-9-21-14-17/h3-9,14,16H,10-13,15H2,1-2H3. The van der Waals surface area contributed by atoms with E-state index in [2.05, 4.69) is 16.0 Å². The minimum Gasteiger partial charge on any atom is -0.497 e. The molecule has 2 heterocycles. The summed E-state index contributed by atoms with van der Waals surface area (Å²) in [7, 11) is 1.62. The average Bonchev–Trinajstić information content (AvgIpc) is 2.69. The lowest BCUT2D eigenvalue weighted by Crippen LogP contribution is -2.51. The highest BCUT2D eigenvalue weighted by atomic mass is 16.5. The van der Waals surface area contributed by atoms with Crippen LogP contribution in [-0.4, -0.2) is 60.1 Å². The Morgan fingerprint density at radius 1 is 1.12 bits per heavy atom. The van der Waals surface area contributed by atoms with Gasteiger partial charge in [-0.3, -0.25) is 14.7 Å². The average molecular weight is 355 g/mol. The molecule has 1 aliphatic heterocycles. The lowest BCUT2D eigenvalue weighted by atomic mass is 10.2. The van der Waals surface area contributed by atoms with Crippen molar-refractivity contribution in [2.75, 3.05) is 33.3 Å². The molecule has 1 aromatic carbocycles. The van der Waals surface area contributed by atoms with Crippen LogP contribution in [0, 0.1) is 0 Å². The summed E-state index contributed by atoms with van der Waals surface area (Å²) < 4.78 is 10.9. The number of carbonyl (C=O) groups excluding carboxylic acids is 1. The van der Waals surface area contributed by atoms with Crippen LogP contribution in [-0.2, 0) is 11.3 Å². The van der Waals surface area contributed by atoms with Crippen LogP contribution < -0.4 is 9.47 Å². The van der Waals surface area contributed by atoms with Gasteiger partial charge in [0, 0.05) is 45.1 Å². The molecule has 1 aliphatic rings. The Morgan fingerprint density at radius 2 is 1.81 bits per heavy atom. The maximum Gasteiger partial charge on any atom is 0.263 e. The van der Waals surface area contributed by atoms with E-state index in [0.29, 0.717) is 5.75 Å². The van der Waals surface area contributed by atoms with Crippen molar-refractivity contribution < 1.29 is 14.3 Å². The monoisotopic (exact) mass is 355 g/mol. The number of pyridine rings is 1. The number of piperazine rings is 1. The Labute approximate surface area is 154 Å². The summed E-state index contributed by atoms with van der Waals surface area (Å²) in [6.07, 6.45) is 3.17. The third-order valence-corrected chi connectivity index (χ3v) is 4.53. The van der Waals surface area contributed by atoms with E-state index >= 15 is 0 Å². The first-order chi connectivity index (χ1) is 12.7. The van der Waals surface area contributed by atoms with Gasteiger partial charge in [0.25, 0.3) is 5.91 Å². The summed E-state index contributed by atoms with van der Waals surface area (Å²) in [5.74, 6) is 1.46. The summed E-state index contributed by atoms with van der Waals surface area (Å²) in [5, 5.41) is 0. The summed E-state index contributed by atoms with van der Waals surface area (Å²) in [5.41, 5.74) is 1.20. The molecule has 6 heteroatoms. The van der Waals surface area contributed by atoms with Crippen molar-refractivity contribution in [3.8, 4) is 11.5 Å². The molecule has 138 valence electrons. The highest BCUT2D eigenvalue weighted by molar-refractivity contribution is 5.81. The van der Waals surface area contributed by atoms with E-state index in [1.54, 1.807) is 20.2 Å². The van der Waals surface area contributed by atoms with Crippen molar-refractivity contribution in [2.24, 2.45) is 0 Å². The first kappa shape index (κ1) is 18.2. The van der Waals surface area contributed by atoms with Gasteiger partial charge >= 0.3 is 0 Å². The third kappa shape index (κ3) is 4.73. The summed E-state index contributed by atoms with van der Waals surface area (Å²) in [6.45, 7) is 5.82. The van der Waals surface area contributed by atoms with Gasteiger partial charge in [-0.2, -0.15) is 0 Å². The van der Waals surface area contributed by atoms with Gasteiger partial charge in [0.15, 0.2) is 6.10 Å². The highest BCUT2D eigenvalue weighted by Crippen LogP contribution is 2.19. The van der Waals surface area contributed by atoms with Crippen LogP contribution in [0.3, 0.4) is 0 Å². The molecule has 0 aliphatic carbocycles. The number of hydrogen-bond donors (Lipinski definition) is 0. The first-order valence-corrected chi connectivity index (χ1v) is 8.86. The SMILES string of the molecule is COc1ccc(OC(C)C(=O)N2CCN(Cc3cccnc3)CC2)cc1. The van der Waals surface area contributed by atoms with Crippen molar-refractivity contribution in [3.63, 3.8) is 0 Å². The van der Waals surface area contributed by atoms with Gasteiger partial charge in [-0.1, -0.05) is 6.07 Å². The zero-order valence-electron chi connectivity index (χ0n) is 15.3. The number of ether oxygens (including phenoxy) is 2. The lowest BCUT2D eigenvalue weighted by molar-refractivity contribution is -0.139. The van der Waals surface area contributed by atoms with Crippen molar-refractivity contribution in [3.05, 3.63) is 54.4 Å². The minimum atomic E-state index is -0.506. The molecule has 0 radical (unpaired) electrons. The zero-order valence-corrected chi connectivity index (χ0v) is 15.3. The normalized spacial score (nSPS) is 16.2. The number of aromatic nitrogens is 1. The van der Waals surface area contributed by atoms with Crippen LogP contribution >= 0.6 is 0 Å². The number of hydrogen-bond acceptors (Lipinski definition) is 5. The molecule has 0 spiro atoms. The molecule has 0 N–H and O–H groups in total. The maximum atomic E-state index is 12.6. The lowest BCUT2D eigenvalue weighted by Gasteiger charge is -2.35. The Kier molecular flexibility index (Phi) is 6.07. The second-order valence-electron chi connectivity index (χ2n) is 6.40. The molecular weight excluding hydrogens is 330 g/mol. The van der Waals surface area contributed by atoms with Crippen molar-refractivity contribution in [1.29, 1.82) is 0 Å². The molecule has 3 rings (SSSR count). The third-order valence-electron chi connectivity index (χ3n) is 4.53. The van der Waals surface area contributed by atoms with Gasteiger partial charge in [0.2, 0.25) is 0 Å². The minimum absolute atomic E-state index is 0.0295. The molecular formula is C20H25N3O3. The maximum absolute atomic E-state index is 12.6. The van der Waals surface area contributed by atoms with Gasteiger partial charge in [-0.15, -0.1) is 0 Å². The number of nitrogens with zero attached hydrogens (tertiary/aromatic N) is 3. The number of carbonyl (C=O) groups is 1. The smallest absolute Gasteiger partial charge is 0.263 e. The molecule has 1 amide bonds. The summed E-state index contributed by atoms with van der Waals surface area (Å²) in [6, 6.07) is 11.3. The van der Waals surface area contributed by atoms with Crippen molar-refractivity contribution in [2.45, 2.75) is 19.6 Å². The molecule has 1 saturated heterocycles. The predicted octanol–water partition coefficient (Wildman–Crippen LogP) is 2.20. The van der Waals surface area contributed by atoms with Gasteiger partial charge < -0.3 is 14.4 Å². The molecule has 0 bridgehead atoms. The fraction of sp³-hybridized carbons (Fsp3) is 0.400. The van der Waals surface area contributed by atoms with Crippen LogP contribution in [0.1, 0.15) is 12.5 Å². The number of methoxy groups -OCH3 is 1. The van der Waals surface area contributed by atoms with E-state index in [1.807, 2.05) is 41.4 Å². The molecule has 1 aromatic heterocycles. The number of rotatable bonds is 6. The fourth-order valence-electron chi connectivity index (χ4n) is 3.04. The second kappa shape index (κ2) is 8.67. The fourth-order valence-corrected chi connectivity index (χ4v) is 3.04. The Morgan fingerprint density at radius 3 is 2.42 bits per heavy atom. The predicted molar refractivity (Wildman–Crippen MR) is 99.2 cm³/mol. The van der Waals surface area contributed by atoms with Crippen LogP contribution in [0.15, 0.2) is 48.8 Å². The highest BCUT2D eigenvalue weighted by Gasteiger charge is 2.26. The molecule has 26 heavy (non-hydrogen) atoms. The van der Waals surface area contributed by atoms with Gasteiger partial charge in [0.05, 0.1) is 7.11 Å². The molecule has 1 unspecified atom stereocenters. The van der Waals surface area contributed by atoms with E-state index in [0.717, 1.165) is 38.5 Å². The van der Waals surface area contributed by atoms with Crippen LogP contribution in [0.4, 0.5) is 0 Å². The molecule has 0 saturated carbocycles. The van der Waals surface area contributed by atoms with Gasteiger partial charge in [0.1, 0.15) is 11.5 Å². The van der Waals surface area contributed by atoms with Crippen LogP contribution in [0.25, 0.3) is 0 Å². The molecule has 1 fully saturated rings. The second-order valence-corrected chi connectivity index (χ2v) is 6.40. The molecule has 2 aromatic rings. The van der Waals surface area contributed by atoms with Gasteiger partial charge in [-0.05, 0) is 42.8 Å². The Balaban J connectivity index is 1.47.